The van der Waals surface area contributed by atoms with Crippen LogP contribution < -0.4 is 5.56 Å². The summed E-state index contributed by atoms with van der Waals surface area (Å²) in [6.07, 6.45) is 2.79. The molecular weight excluding hydrogens is 620 g/mol. The Morgan fingerprint density at radius 3 is 1.73 bits per heavy atom. The summed E-state index contributed by atoms with van der Waals surface area (Å²) in [5, 5.41) is 3.53. The van der Waals surface area contributed by atoms with Crippen molar-refractivity contribution in [1.29, 1.82) is 0 Å². The van der Waals surface area contributed by atoms with E-state index in [9.17, 15) is 9.36 Å². The molecule has 0 atom stereocenters. The molecule has 1 N–H and O–H groups in total. The van der Waals surface area contributed by atoms with E-state index in [-0.39, 0.29) is 5.56 Å². The number of aromatic amines is 1. The molecule has 0 radical (unpaired) electrons. The molecule has 6 aromatic rings. The fourth-order valence-corrected chi connectivity index (χ4v) is 4.44. The first-order valence-corrected chi connectivity index (χ1v) is 15.8. The Morgan fingerprint density at radius 2 is 1.16 bits per heavy atom. The summed E-state index contributed by atoms with van der Waals surface area (Å²) in [7, 11) is 0. The predicted octanol–water partition coefficient (Wildman–Crippen LogP) is 9.63. The van der Waals surface area contributed by atoms with Gasteiger partial charge in [0.05, 0.1) is 32.8 Å². The van der Waals surface area contributed by atoms with E-state index >= 15 is 0 Å². The minimum absolute atomic E-state index is 0.169. The monoisotopic (exact) mass is 630 g/mol. The van der Waals surface area contributed by atoms with Gasteiger partial charge in [-0.2, -0.15) is 0 Å². The van der Waals surface area contributed by atoms with E-state index in [2.05, 4.69) is 53.7 Å². The first kappa shape index (κ1) is 27.9. The number of nitrogens with zero attached hydrogens (tertiary/aromatic N) is 3. The SMILES string of the molecule is Clc1ncnc2c(Cl)c3ccccc3cc12.O=P(Cl)(Cl)Cl.O=c1[nH]cnc2c(Cl)c3ccccc3cc12. The Hall–Kier alpha value is -2.15. The van der Waals surface area contributed by atoms with Crippen LogP contribution in [0.15, 0.2) is 78.1 Å². The summed E-state index contributed by atoms with van der Waals surface area (Å²) < 4.78 is 9.51. The zero-order valence-electron chi connectivity index (χ0n) is 18.3. The Morgan fingerprint density at radius 1 is 0.676 bits per heavy atom. The molecule has 0 saturated heterocycles. The van der Waals surface area contributed by atoms with E-state index in [1.165, 1.54) is 12.7 Å². The van der Waals surface area contributed by atoms with Gasteiger partial charge in [-0.1, -0.05) is 83.3 Å². The third-order valence-corrected chi connectivity index (χ3v) is 6.20. The van der Waals surface area contributed by atoms with Crippen molar-refractivity contribution in [2.24, 2.45) is 0 Å². The molecule has 0 fully saturated rings. The van der Waals surface area contributed by atoms with Crippen LogP contribution >= 0.6 is 73.7 Å². The van der Waals surface area contributed by atoms with Gasteiger partial charge in [0.15, 0.2) is 0 Å². The summed E-state index contributed by atoms with van der Waals surface area (Å²) in [6.45, 7) is 0. The molecule has 6 rings (SSSR count). The van der Waals surface area contributed by atoms with E-state index in [0.717, 1.165) is 26.9 Å². The topological polar surface area (TPSA) is 88.6 Å². The highest BCUT2D eigenvalue weighted by Gasteiger charge is 2.10. The van der Waals surface area contributed by atoms with Gasteiger partial charge in [0.1, 0.15) is 11.5 Å². The first-order valence-electron chi connectivity index (χ1n) is 10.3. The summed E-state index contributed by atoms with van der Waals surface area (Å²) in [4.78, 5) is 26.4. The molecule has 0 aliphatic heterocycles. The van der Waals surface area contributed by atoms with Crippen LogP contribution in [0.3, 0.4) is 0 Å². The predicted molar refractivity (Wildman–Crippen MR) is 157 cm³/mol. The van der Waals surface area contributed by atoms with Crippen molar-refractivity contribution in [2.75, 3.05) is 0 Å². The zero-order chi connectivity index (χ0) is 26.7. The maximum Gasteiger partial charge on any atom is 0.339 e. The number of benzene rings is 4. The number of halogens is 6. The highest BCUT2D eigenvalue weighted by Crippen LogP contribution is 2.61. The van der Waals surface area contributed by atoms with Crippen molar-refractivity contribution < 1.29 is 4.57 Å². The van der Waals surface area contributed by atoms with Crippen LogP contribution in [-0.4, -0.2) is 19.9 Å². The summed E-state index contributed by atoms with van der Waals surface area (Å²) >= 11 is 32.4. The third-order valence-electron chi connectivity index (χ3n) is 5.13. The van der Waals surface area contributed by atoms with Gasteiger partial charge in [0.25, 0.3) is 5.56 Å². The van der Waals surface area contributed by atoms with E-state index < -0.39 is 5.20 Å². The molecule has 0 unspecified atom stereocenters. The lowest BCUT2D eigenvalue weighted by Gasteiger charge is -2.05. The summed E-state index contributed by atoms with van der Waals surface area (Å²) in [6, 6.07) is 19.3. The van der Waals surface area contributed by atoms with Crippen LogP contribution in [0.25, 0.3) is 43.4 Å². The average molecular weight is 633 g/mol. The Balaban J connectivity index is 0.000000147. The van der Waals surface area contributed by atoms with Crippen molar-refractivity contribution in [2.45, 2.75) is 0 Å². The quantitative estimate of drug-likeness (QED) is 0.102. The molecule has 37 heavy (non-hydrogen) atoms. The van der Waals surface area contributed by atoms with Crippen molar-refractivity contribution in [3.05, 3.63) is 98.9 Å². The first-order chi connectivity index (χ1) is 17.5. The minimum Gasteiger partial charge on any atom is -0.313 e. The maximum atomic E-state index is 11.6. The van der Waals surface area contributed by atoms with Crippen molar-refractivity contribution in [3.63, 3.8) is 0 Å². The molecule has 0 aliphatic rings. The van der Waals surface area contributed by atoms with Crippen LogP contribution in [0.5, 0.6) is 0 Å². The maximum absolute atomic E-state index is 11.6. The van der Waals surface area contributed by atoms with E-state index in [1.807, 2.05) is 60.7 Å². The van der Waals surface area contributed by atoms with Gasteiger partial charge in [0.2, 0.25) is 0 Å². The van der Waals surface area contributed by atoms with Gasteiger partial charge in [-0.05, 0) is 56.6 Å². The molecule has 2 heterocycles. The molecule has 0 aliphatic carbocycles. The average Bonchev–Trinajstić information content (AvgIpc) is 2.85. The highest BCUT2D eigenvalue weighted by atomic mass is 36.0. The second-order valence-electron chi connectivity index (χ2n) is 7.41. The van der Waals surface area contributed by atoms with E-state index in [0.29, 0.717) is 31.6 Å². The molecule has 0 bridgehead atoms. The normalized spacial score (nSPS) is 11.2. The van der Waals surface area contributed by atoms with Crippen LogP contribution in [0, 0.1) is 0 Å². The third kappa shape index (κ3) is 6.65. The number of hydrogen-bond donors (Lipinski definition) is 1. The lowest BCUT2D eigenvalue weighted by Crippen LogP contribution is -2.06. The lowest BCUT2D eigenvalue weighted by molar-refractivity contribution is 0.600. The number of H-pyrrole nitrogens is 1. The highest BCUT2D eigenvalue weighted by molar-refractivity contribution is 8.24. The van der Waals surface area contributed by atoms with Crippen molar-refractivity contribution >= 4 is 117 Å². The smallest absolute Gasteiger partial charge is 0.313 e. The Bertz CT molecular complexity index is 1870. The second-order valence-corrected chi connectivity index (χ2v) is 15.2. The van der Waals surface area contributed by atoms with Crippen molar-refractivity contribution in [3.8, 4) is 0 Å². The number of aromatic nitrogens is 4. The van der Waals surface area contributed by atoms with E-state index in [1.54, 1.807) is 0 Å². The van der Waals surface area contributed by atoms with Crippen LogP contribution in [-0.2, 0) is 4.57 Å². The van der Waals surface area contributed by atoms with Crippen molar-refractivity contribution in [1.82, 2.24) is 19.9 Å². The molecule has 13 heteroatoms. The Labute approximate surface area is 239 Å². The molecule has 0 saturated carbocycles. The largest absolute Gasteiger partial charge is 0.339 e. The Kier molecular flexibility index (Phi) is 8.82. The van der Waals surface area contributed by atoms with Gasteiger partial charge in [0, 0.05) is 16.2 Å². The molecule has 0 spiro atoms. The minimum atomic E-state index is -3.22. The molecule has 2 aromatic heterocycles. The van der Waals surface area contributed by atoms with Gasteiger partial charge in [-0.25, -0.2) is 15.0 Å². The zero-order valence-corrected chi connectivity index (χ0v) is 23.7. The molecule has 0 amide bonds. The molecular formula is C24H13Cl6N4O2P. The summed E-state index contributed by atoms with van der Waals surface area (Å²) in [5.74, 6) is 0. The van der Waals surface area contributed by atoms with Crippen LogP contribution in [0.2, 0.25) is 15.2 Å². The van der Waals surface area contributed by atoms with Gasteiger partial charge in [-0.15, -0.1) is 0 Å². The molecule has 4 aromatic carbocycles. The van der Waals surface area contributed by atoms with Crippen LogP contribution in [0.4, 0.5) is 0 Å². The molecule has 6 nitrogen and oxygen atoms in total. The number of hydrogen-bond acceptors (Lipinski definition) is 5. The fourth-order valence-electron chi connectivity index (χ4n) is 3.61. The van der Waals surface area contributed by atoms with Gasteiger partial charge < -0.3 is 4.98 Å². The lowest BCUT2D eigenvalue weighted by atomic mass is 10.1. The summed E-state index contributed by atoms with van der Waals surface area (Å²) in [5.41, 5.74) is 1.07. The van der Waals surface area contributed by atoms with Gasteiger partial charge >= 0.3 is 5.20 Å². The number of nitrogens with one attached hydrogen (secondary N) is 1. The standard InChI is InChI=1S/C12H6Cl2N2.C12H7ClN2O.Cl3OP/c13-10-8-4-2-1-3-7(8)5-9-11(10)15-6-16-12(9)14;13-10-8-4-2-1-3-7(8)5-9-11(10)14-6-15-12(9)16;1-5(2,3)4/h1-6H;1-6H,(H,14,15,16);. The van der Waals surface area contributed by atoms with Crippen LogP contribution in [0.1, 0.15) is 0 Å². The molecule has 188 valence electrons. The van der Waals surface area contributed by atoms with Gasteiger partial charge in [-0.3, -0.25) is 9.36 Å². The second kappa shape index (κ2) is 11.7. The number of rotatable bonds is 0. The fraction of sp³-hybridized carbons (Fsp3) is 0. The van der Waals surface area contributed by atoms with E-state index in [4.69, 9.17) is 34.8 Å². The number of fused-ring (bicyclic) bond motifs is 4.